The Morgan fingerprint density at radius 1 is 1.10 bits per heavy atom. The number of hydrogen-bond donors (Lipinski definition) is 1. The molecule has 0 atom stereocenters. The summed E-state index contributed by atoms with van der Waals surface area (Å²) in [5.74, 6) is -2.18. The van der Waals surface area contributed by atoms with Crippen LogP contribution in [0.5, 0.6) is 5.75 Å². The predicted octanol–water partition coefficient (Wildman–Crippen LogP) is 5.56. The molecule has 0 radical (unpaired) electrons. The van der Waals surface area contributed by atoms with E-state index in [9.17, 15) is 39.9 Å². The molecule has 0 aromatic heterocycles. The van der Waals surface area contributed by atoms with Crippen LogP contribution in [0.2, 0.25) is 5.02 Å². The summed E-state index contributed by atoms with van der Waals surface area (Å²) >= 11 is 5.39. The van der Waals surface area contributed by atoms with Crippen molar-refractivity contribution in [3.05, 3.63) is 57.6 Å². The third kappa shape index (κ3) is 5.11. The molecule has 1 amide bonds. The van der Waals surface area contributed by atoms with Gasteiger partial charge in [-0.3, -0.25) is 4.90 Å². The number of halogens is 9. The van der Waals surface area contributed by atoms with E-state index in [4.69, 9.17) is 17.3 Å². The number of amides is 1. The van der Waals surface area contributed by atoms with Crippen LogP contribution in [0.3, 0.4) is 0 Å². The Kier molecular flexibility index (Phi) is 6.60. The molecule has 0 aliphatic rings. The number of anilines is 1. The van der Waals surface area contributed by atoms with Gasteiger partial charge < -0.3 is 10.5 Å². The summed E-state index contributed by atoms with van der Waals surface area (Å²) in [6.07, 6.45) is -12.2. The number of rotatable bonds is 2. The van der Waals surface area contributed by atoms with Gasteiger partial charge in [-0.2, -0.15) is 26.3 Å². The lowest BCUT2D eigenvalue weighted by atomic mass is 10.0. The zero-order valence-corrected chi connectivity index (χ0v) is 15.8. The van der Waals surface area contributed by atoms with E-state index in [1.807, 2.05) is 0 Å². The average Bonchev–Trinajstić information content (AvgIpc) is 2.65. The maximum absolute atomic E-state index is 14.1. The van der Waals surface area contributed by atoms with Crippen molar-refractivity contribution in [3.63, 3.8) is 0 Å². The second kappa shape index (κ2) is 8.50. The molecule has 2 rings (SSSR count). The molecular weight excluding hydrogens is 464 g/mol. The minimum atomic E-state index is -5.40. The van der Waals surface area contributed by atoms with E-state index in [1.165, 1.54) is 0 Å². The van der Waals surface area contributed by atoms with Crippen molar-refractivity contribution in [1.82, 2.24) is 0 Å². The molecule has 0 aliphatic heterocycles. The van der Waals surface area contributed by atoms with E-state index in [0.717, 1.165) is 13.1 Å². The van der Waals surface area contributed by atoms with Crippen LogP contribution < -0.4 is 15.4 Å². The minimum absolute atomic E-state index is 0.201. The topological polar surface area (TPSA) is 55.6 Å². The van der Waals surface area contributed by atoms with Crippen LogP contribution >= 0.6 is 11.6 Å². The van der Waals surface area contributed by atoms with Gasteiger partial charge in [0.1, 0.15) is 16.4 Å². The van der Waals surface area contributed by atoms with Gasteiger partial charge in [-0.05, 0) is 30.2 Å². The Morgan fingerprint density at radius 3 is 2.23 bits per heavy atom. The zero-order chi connectivity index (χ0) is 23.7. The number of nitrogens with zero attached hydrogens (tertiary/aromatic N) is 1. The lowest BCUT2D eigenvalue weighted by Gasteiger charge is -2.21. The molecule has 0 spiro atoms. The Labute approximate surface area is 174 Å². The van der Waals surface area contributed by atoms with Gasteiger partial charge in [0, 0.05) is 13.1 Å². The first-order valence-corrected chi connectivity index (χ1v) is 8.19. The maximum atomic E-state index is 14.1. The fourth-order valence-corrected chi connectivity index (χ4v) is 2.47. The van der Waals surface area contributed by atoms with Gasteiger partial charge in [0.15, 0.2) is 11.6 Å². The third-order valence-corrected chi connectivity index (χ3v) is 4.11. The average molecular weight is 473 g/mol. The highest BCUT2D eigenvalue weighted by molar-refractivity contribution is 6.31. The summed E-state index contributed by atoms with van der Waals surface area (Å²) in [7, 11) is 0.848. The number of alkyl halides is 6. The lowest BCUT2D eigenvalue weighted by molar-refractivity contribution is -0.143. The van der Waals surface area contributed by atoms with E-state index in [1.54, 1.807) is 12.0 Å². The Bertz CT molecular complexity index is 1090. The normalized spacial score (nSPS) is 11.5. The molecule has 0 bridgehead atoms. The maximum Gasteiger partial charge on any atom is 0.420 e. The Morgan fingerprint density at radius 2 is 1.71 bits per heavy atom. The van der Waals surface area contributed by atoms with Crippen LogP contribution in [0.25, 0.3) is 0 Å². The van der Waals surface area contributed by atoms with Gasteiger partial charge in [0.2, 0.25) is 0 Å². The lowest BCUT2D eigenvalue weighted by Crippen LogP contribution is -2.31. The van der Waals surface area contributed by atoms with Crippen molar-refractivity contribution >= 4 is 23.4 Å². The van der Waals surface area contributed by atoms with Crippen molar-refractivity contribution < 1.29 is 44.7 Å². The van der Waals surface area contributed by atoms with E-state index in [2.05, 4.69) is 4.74 Å². The monoisotopic (exact) mass is 472 g/mol. The quantitative estimate of drug-likeness (QED) is 0.269. The molecule has 0 aliphatic carbocycles. The molecule has 4 nitrogen and oxygen atoms in total. The van der Waals surface area contributed by atoms with Crippen LogP contribution in [0.4, 0.5) is 45.6 Å². The molecule has 2 aromatic rings. The number of benzene rings is 2. The molecule has 0 saturated heterocycles. The summed E-state index contributed by atoms with van der Waals surface area (Å²) in [6.45, 7) is 0. The summed E-state index contributed by atoms with van der Waals surface area (Å²) in [5.41, 5.74) is -0.461. The van der Waals surface area contributed by atoms with Gasteiger partial charge in [0.05, 0.1) is 16.8 Å². The summed E-state index contributed by atoms with van der Waals surface area (Å²) in [4.78, 5) is 12.6. The minimum Gasteiger partial charge on any atom is -0.408 e. The smallest absolute Gasteiger partial charge is 0.408 e. The van der Waals surface area contributed by atoms with Crippen molar-refractivity contribution in [2.75, 3.05) is 11.9 Å². The zero-order valence-electron chi connectivity index (χ0n) is 15.1. The highest BCUT2D eigenvalue weighted by Gasteiger charge is 2.41. The second-order valence-corrected chi connectivity index (χ2v) is 6.16. The molecule has 0 saturated carbocycles. The number of hydrogen-bond acceptors (Lipinski definition) is 3. The highest BCUT2D eigenvalue weighted by atomic mass is 35.5. The van der Waals surface area contributed by atoms with Crippen LogP contribution in [0.15, 0.2) is 24.3 Å². The van der Waals surface area contributed by atoms with Crippen molar-refractivity contribution in [2.45, 2.75) is 12.4 Å². The predicted molar refractivity (Wildman–Crippen MR) is 93.3 cm³/mol. The fourth-order valence-electron chi connectivity index (χ4n) is 2.31. The molecule has 31 heavy (non-hydrogen) atoms. The first-order chi connectivity index (χ1) is 14.2. The molecule has 2 N–H and O–H groups in total. The van der Waals surface area contributed by atoms with Crippen LogP contribution in [0, 0.1) is 23.6 Å². The first-order valence-electron chi connectivity index (χ1n) is 7.81. The second-order valence-electron chi connectivity index (χ2n) is 5.79. The van der Waals surface area contributed by atoms with Gasteiger partial charge in [-0.1, -0.05) is 11.6 Å². The van der Waals surface area contributed by atoms with Crippen LogP contribution in [-0.2, 0) is 12.4 Å². The third-order valence-electron chi connectivity index (χ3n) is 3.77. The standard InChI is InChI=1S/C18H9ClF8N2O2/c1-29(12-3-2-11(20)13(19)14(12)21)16(30)31-15-8(4-5-28)6-9(17(22,23)24)7-10(15)18(25,26)27/h2-3,6-7H,28H2,1H3. The van der Waals surface area contributed by atoms with Gasteiger partial charge in [-0.15, -0.1) is 0 Å². The number of ether oxygens (including phenoxy) is 1. The number of nitrogens with two attached hydrogens (primary N) is 1. The van der Waals surface area contributed by atoms with Crippen molar-refractivity contribution in [3.8, 4) is 17.7 Å². The van der Waals surface area contributed by atoms with Crippen molar-refractivity contribution in [2.24, 2.45) is 5.73 Å². The van der Waals surface area contributed by atoms with E-state index in [0.29, 0.717) is 11.0 Å². The van der Waals surface area contributed by atoms with Crippen molar-refractivity contribution in [1.29, 1.82) is 0 Å². The van der Waals surface area contributed by atoms with E-state index < -0.39 is 63.2 Å². The first kappa shape index (κ1) is 24.1. The molecule has 0 fully saturated rings. The molecule has 166 valence electrons. The Hall–Kier alpha value is -3.20. The largest absolute Gasteiger partial charge is 0.420 e. The molecule has 13 heteroatoms. The molecule has 0 heterocycles. The molecular formula is C18H9ClF8N2O2. The van der Waals surface area contributed by atoms with Crippen LogP contribution in [0.1, 0.15) is 16.7 Å². The summed E-state index contributed by atoms with van der Waals surface area (Å²) in [5, 5.41) is -1.00. The summed E-state index contributed by atoms with van der Waals surface area (Å²) in [6, 6.07) is 2.97. The van der Waals surface area contributed by atoms with E-state index >= 15 is 0 Å². The SMILES string of the molecule is CN(C(=O)Oc1c(C#CN)cc(C(F)(F)F)cc1C(F)(F)F)c1ccc(F)c(Cl)c1F. The van der Waals surface area contributed by atoms with Crippen LogP contribution in [-0.4, -0.2) is 13.1 Å². The van der Waals surface area contributed by atoms with Gasteiger partial charge >= 0.3 is 18.4 Å². The van der Waals surface area contributed by atoms with Gasteiger partial charge in [0.25, 0.3) is 0 Å². The fraction of sp³-hybridized carbons (Fsp3) is 0.167. The molecule has 0 unspecified atom stereocenters. The Balaban J connectivity index is 2.60. The molecule has 2 aromatic carbocycles. The summed E-state index contributed by atoms with van der Waals surface area (Å²) < 4.78 is 111. The van der Waals surface area contributed by atoms with E-state index in [-0.39, 0.29) is 12.1 Å². The van der Waals surface area contributed by atoms with Gasteiger partial charge in [-0.25, -0.2) is 13.6 Å². The number of carbonyl (C=O) groups is 1. The number of carbonyl (C=O) groups excluding carboxylic acids is 1. The highest BCUT2D eigenvalue weighted by Crippen LogP contribution is 2.42.